The van der Waals surface area contributed by atoms with Gasteiger partial charge >= 0.3 is 0 Å². The van der Waals surface area contributed by atoms with E-state index < -0.39 is 40.1 Å². The number of benzene rings is 2. The SMILES string of the molecule is NNC(=O)c1ccc2nc3c(F)c(F)c(F)c(F)c3cc2c1. The number of fused-ring (bicyclic) bond motifs is 2. The van der Waals surface area contributed by atoms with Crippen LogP contribution in [-0.2, 0) is 0 Å². The molecule has 4 nitrogen and oxygen atoms in total. The van der Waals surface area contributed by atoms with Crippen molar-refractivity contribution >= 4 is 27.7 Å². The first-order valence-corrected chi connectivity index (χ1v) is 6.01. The second-order valence-electron chi connectivity index (χ2n) is 4.52. The van der Waals surface area contributed by atoms with E-state index in [1.165, 1.54) is 18.2 Å². The molecule has 0 fully saturated rings. The Kier molecular flexibility index (Phi) is 3.18. The van der Waals surface area contributed by atoms with Gasteiger partial charge in [0.25, 0.3) is 5.91 Å². The van der Waals surface area contributed by atoms with Gasteiger partial charge in [0.05, 0.1) is 5.52 Å². The number of nitrogens with zero attached hydrogens (tertiary/aromatic N) is 1. The Balaban J connectivity index is 2.39. The van der Waals surface area contributed by atoms with E-state index in [2.05, 4.69) is 4.98 Å². The number of hydrogen-bond donors (Lipinski definition) is 2. The average molecular weight is 309 g/mol. The number of nitrogens with one attached hydrogen (secondary N) is 1. The molecule has 0 aliphatic rings. The Morgan fingerprint density at radius 2 is 1.68 bits per heavy atom. The Bertz CT molecular complexity index is 943. The van der Waals surface area contributed by atoms with Gasteiger partial charge < -0.3 is 0 Å². The molecule has 0 saturated carbocycles. The lowest BCUT2D eigenvalue weighted by Crippen LogP contribution is -2.29. The standard InChI is InChI=1S/C14H7F4N3O/c15-9-7-4-6-3-5(14(22)21-19)1-2-8(6)20-13(7)12(18)11(17)10(9)16/h1-4H,19H2,(H,21,22). The highest BCUT2D eigenvalue weighted by Gasteiger charge is 2.22. The van der Waals surface area contributed by atoms with Crippen molar-refractivity contribution in [2.24, 2.45) is 5.84 Å². The van der Waals surface area contributed by atoms with Crippen molar-refractivity contribution in [3.8, 4) is 0 Å². The van der Waals surface area contributed by atoms with Crippen LogP contribution in [0.2, 0.25) is 0 Å². The molecule has 0 saturated heterocycles. The maximum absolute atomic E-state index is 13.8. The minimum Gasteiger partial charge on any atom is -0.290 e. The number of hydrogen-bond acceptors (Lipinski definition) is 3. The van der Waals surface area contributed by atoms with Gasteiger partial charge in [-0.25, -0.2) is 28.4 Å². The smallest absolute Gasteiger partial charge is 0.265 e. The minimum absolute atomic E-state index is 0.152. The van der Waals surface area contributed by atoms with Gasteiger partial charge in [-0.15, -0.1) is 0 Å². The van der Waals surface area contributed by atoms with Crippen molar-refractivity contribution in [1.82, 2.24) is 10.4 Å². The van der Waals surface area contributed by atoms with Crippen LogP contribution in [0.1, 0.15) is 10.4 Å². The molecule has 1 heterocycles. The van der Waals surface area contributed by atoms with E-state index in [1.54, 1.807) is 0 Å². The molecule has 0 bridgehead atoms. The van der Waals surface area contributed by atoms with Crippen LogP contribution in [0.3, 0.4) is 0 Å². The Morgan fingerprint density at radius 3 is 2.36 bits per heavy atom. The summed E-state index contributed by atoms with van der Waals surface area (Å²) >= 11 is 0. The lowest BCUT2D eigenvalue weighted by Gasteiger charge is -2.07. The third-order valence-electron chi connectivity index (χ3n) is 3.23. The molecule has 1 aromatic heterocycles. The molecule has 3 N–H and O–H groups in total. The third kappa shape index (κ3) is 1.96. The van der Waals surface area contributed by atoms with E-state index in [-0.39, 0.29) is 16.5 Å². The van der Waals surface area contributed by atoms with E-state index in [4.69, 9.17) is 5.84 Å². The Hall–Kier alpha value is -2.74. The fourth-order valence-corrected chi connectivity index (χ4v) is 2.15. The summed E-state index contributed by atoms with van der Waals surface area (Å²) in [5.74, 6) is -2.54. The van der Waals surface area contributed by atoms with Crippen molar-refractivity contribution in [1.29, 1.82) is 0 Å². The highest BCUT2D eigenvalue weighted by atomic mass is 19.2. The van der Waals surface area contributed by atoms with Crippen LogP contribution in [0.5, 0.6) is 0 Å². The van der Waals surface area contributed by atoms with Gasteiger partial charge in [0.15, 0.2) is 23.3 Å². The van der Waals surface area contributed by atoms with Crippen molar-refractivity contribution in [2.75, 3.05) is 0 Å². The van der Waals surface area contributed by atoms with E-state index in [1.807, 2.05) is 5.43 Å². The van der Waals surface area contributed by atoms with Crippen LogP contribution in [0.4, 0.5) is 17.6 Å². The Labute approximate surface area is 120 Å². The van der Waals surface area contributed by atoms with Crippen molar-refractivity contribution in [3.63, 3.8) is 0 Å². The summed E-state index contributed by atoms with van der Waals surface area (Å²) in [6, 6.07) is 5.13. The van der Waals surface area contributed by atoms with Crippen LogP contribution in [-0.4, -0.2) is 10.9 Å². The first-order valence-electron chi connectivity index (χ1n) is 6.01. The average Bonchev–Trinajstić information content (AvgIpc) is 2.55. The quantitative estimate of drug-likeness (QED) is 0.138. The lowest BCUT2D eigenvalue weighted by atomic mass is 10.1. The fourth-order valence-electron chi connectivity index (χ4n) is 2.15. The maximum atomic E-state index is 13.8. The summed E-state index contributed by atoms with van der Waals surface area (Å²) in [5, 5.41) is -0.271. The van der Waals surface area contributed by atoms with Crippen LogP contribution >= 0.6 is 0 Å². The van der Waals surface area contributed by atoms with E-state index in [0.29, 0.717) is 0 Å². The molecule has 22 heavy (non-hydrogen) atoms. The van der Waals surface area contributed by atoms with E-state index in [9.17, 15) is 22.4 Å². The number of pyridine rings is 1. The van der Waals surface area contributed by atoms with Gasteiger partial charge in [0.2, 0.25) is 0 Å². The highest BCUT2D eigenvalue weighted by molar-refractivity contribution is 6.00. The molecule has 0 aliphatic heterocycles. The first kappa shape index (κ1) is 14.2. The third-order valence-corrected chi connectivity index (χ3v) is 3.23. The number of aromatic nitrogens is 1. The molecule has 0 atom stereocenters. The summed E-state index contributed by atoms with van der Waals surface area (Å²) in [6.07, 6.45) is 0. The van der Waals surface area contributed by atoms with Gasteiger partial charge in [-0.3, -0.25) is 10.2 Å². The first-order chi connectivity index (χ1) is 10.4. The molecule has 112 valence electrons. The van der Waals surface area contributed by atoms with Crippen molar-refractivity contribution in [3.05, 3.63) is 53.1 Å². The predicted molar refractivity (Wildman–Crippen MR) is 70.7 cm³/mol. The summed E-state index contributed by atoms with van der Waals surface area (Å²) < 4.78 is 54.0. The number of hydrazine groups is 1. The molecule has 2 aromatic carbocycles. The lowest BCUT2D eigenvalue weighted by molar-refractivity contribution is 0.0954. The number of amides is 1. The van der Waals surface area contributed by atoms with Gasteiger partial charge in [-0.05, 0) is 24.3 Å². The normalized spacial score (nSPS) is 11.1. The largest absolute Gasteiger partial charge is 0.290 e. The van der Waals surface area contributed by atoms with E-state index in [0.717, 1.165) is 6.07 Å². The van der Waals surface area contributed by atoms with Gasteiger partial charge in [-0.2, -0.15) is 0 Å². The van der Waals surface area contributed by atoms with Crippen LogP contribution in [0.15, 0.2) is 24.3 Å². The summed E-state index contributed by atoms with van der Waals surface area (Å²) in [7, 11) is 0. The molecule has 1 amide bonds. The number of nitrogen functional groups attached to an aromatic ring is 1. The zero-order valence-electron chi connectivity index (χ0n) is 10.8. The fraction of sp³-hybridized carbons (Fsp3) is 0. The highest BCUT2D eigenvalue weighted by Crippen LogP contribution is 2.28. The summed E-state index contributed by atoms with van der Waals surface area (Å²) in [6.45, 7) is 0. The van der Waals surface area contributed by atoms with Gasteiger partial charge in [0.1, 0.15) is 5.52 Å². The van der Waals surface area contributed by atoms with Gasteiger partial charge in [-0.1, -0.05) is 0 Å². The van der Waals surface area contributed by atoms with Gasteiger partial charge in [0, 0.05) is 16.3 Å². The second kappa shape index (κ2) is 4.92. The molecule has 0 radical (unpaired) electrons. The maximum Gasteiger partial charge on any atom is 0.265 e. The zero-order chi connectivity index (χ0) is 16.0. The zero-order valence-corrected chi connectivity index (χ0v) is 10.8. The molecular weight excluding hydrogens is 302 g/mol. The molecule has 0 spiro atoms. The topological polar surface area (TPSA) is 68.0 Å². The predicted octanol–water partition coefficient (Wildman–Crippen LogP) is 2.55. The van der Waals surface area contributed by atoms with Crippen LogP contribution in [0.25, 0.3) is 21.8 Å². The molecule has 0 unspecified atom stereocenters. The van der Waals surface area contributed by atoms with E-state index >= 15 is 0 Å². The number of carbonyl (C=O) groups excluding carboxylic acids is 1. The second-order valence-corrected chi connectivity index (χ2v) is 4.52. The summed E-state index contributed by atoms with van der Waals surface area (Å²) in [4.78, 5) is 15.2. The van der Waals surface area contributed by atoms with Crippen LogP contribution in [0, 0.1) is 23.3 Å². The van der Waals surface area contributed by atoms with Crippen molar-refractivity contribution < 1.29 is 22.4 Å². The minimum atomic E-state index is -1.92. The molecule has 3 rings (SSSR count). The number of rotatable bonds is 1. The number of halogens is 4. The molecular formula is C14H7F4N3O. The Morgan fingerprint density at radius 1 is 1.00 bits per heavy atom. The monoisotopic (exact) mass is 309 g/mol. The van der Waals surface area contributed by atoms with Crippen LogP contribution < -0.4 is 11.3 Å². The number of nitrogens with two attached hydrogens (primary N) is 1. The molecule has 8 heteroatoms. The summed E-state index contributed by atoms with van der Waals surface area (Å²) in [5.41, 5.74) is 1.63. The van der Waals surface area contributed by atoms with Crippen molar-refractivity contribution in [2.45, 2.75) is 0 Å². The molecule has 3 aromatic rings. The molecule has 0 aliphatic carbocycles. The number of carbonyl (C=O) groups is 1.